The number of carbonyl (C=O) groups is 1. The van der Waals surface area contributed by atoms with Gasteiger partial charge in [-0.2, -0.15) is 4.98 Å². The van der Waals surface area contributed by atoms with Crippen LogP contribution in [0.5, 0.6) is 0 Å². The molecule has 0 spiro atoms. The molecule has 0 radical (unpaired) electrons. The summed E-state index contributed by atoms with van der Waals surface area (Å²) in [6, 6.07) is 11.1. The third-order valence-electron chi connectivity index (χ3n) is 3.70. The topological polar surface area (TPSA) is 64.4 Å². The lowest BCUT2D eigenvalue weighted by atomic mass is 10.3. The lowest BCUT2D eigenvalue weighted by molar-refractivity contribution is 0.151. The van der Waals surface area contributed by atoms with Crippen LogP contribution in [0.1, 0.15) is 19.9 Å². The Labute approximate surface area is 144 Å². The van der Waals surface area contributed by atoms with Crippen molar-refractivity contribution >= 4 is 23.5 Å². The van der Waals surface area contributed by atoms with Gasteiger partial charge in [-0.15, -0.1) is 0 Å². The molecule has 0 saturated carbocycles. The smallest absolute Gasteiger partial charge is 0.414 e. The van der Waals surface area contributed by atoms with Gasteiger partial charge in [0.15, 0.2) is 5.16 Å². The molecule has 1 atom stereocenters. The highest BCUT2D eigenvalue weighted by atomic mass is 32.2. The maximum absolute atomic E-state index is 12.0. The van der Waals surface area contributed by atoms with Crippen molar-refractivity contribution in [3.05, 3.63) is 52.9 Å². The number of anilines is 1. The van der Waals surface area contributed by atoms with Crippen molar-refractivity contribution in [2.24, 2.45) is 0 Å². The molecule has 0 unspecified atom stereocenters. The fourth-order valence-electron chi connectivity index (χ4n) is 2.49. The number of hydrogen-bond acceptors (Lipinski definition) is 5. The Balaban J connectivity index is 1.67. The van der Waals surface area contributed by atoms with E-state index in [1.165, 1.54) is 17.8 Å². The molecule has 1 aromatic heterocycles. The van der Waals surface area contributed by atoms with E-state index in [0.29, 0.717) is 17.5 Å². The number of amides is 1. The van der Waals surface area contributed by atoms with Gasteiger partial charge in [0.05, 0.1) is 6.54 Å². The fraction of sp³-hybridized carbons (Fsp3) is 0.353. The van der Waals surface area contributed by atoms with Crippen molar-refractivity contribution in [1.29, 1.82) is 0 Å². The predicted molar refractivity (Wildman–Crippen MR) is 93.7 cm³/mol. The minimum Gasteiger partial charge on any atom is -0.443 e. The average Bonchev–Trinajstić information content (AvgIpc) is 2.94. The number of cyclic esters (lactones) is 1. The second kappa shape index (κ2) is 7.09. The molecule has 0 N–H and O–H groups in total. The molecule has 6 nitrogen and oxygen atoms in total. The van der Waals surface area contributed by atoms with Crippen LogP contribution < -0.4 is 10.5 Å². The van der Waals surface area contributed by atoms with Crippen LogP contribution in [0, 0.1) is 0 Å². The highest BCUT2D eigenvalue weighted by Crippen LogP contribution is 2.25. The van der Waals surface area contributed by atoms with Gasteiger partial charge in [0, 0.05) is 29.7 Å². The largest absolute Gasteiger partial charge is 0.443 e. The van der Waals surface area contributed by atoms with E-state index < -0.39 is 0 Å². The van der Waals surface area contributed by atoms with Crippen LogP contribution in [0.2, 0.25) is 0 Å². The molecule has 1 amide bonds. The quantitative estimate of drug-likeness (QED) is 0.616. The maximum atomic E-state index is 12.0. The molecule has 3 rings (SSSR count). The molecule has 1 aromatic carbocycles. The first-order valence-electron chi connectivity index (χ1n) is 7.80. The zero-order valence-corrected chi connectivity index (χ0v) is 14.4. The van der Waals surface area contributed by atoms with Crippen LogP contribution in [0.4, 0.5) is 10.5 Å². The summed E-state index contributed by atoms with van der Waals surface area (Å²) in [4.78, 5) is 29.3. The van der Waals surface area contributed by atoms with Crippen molar-refractivity contribution in [3.8, 4) is 0 Å². The summed E-state index contributed by atoms with van der Waals surface area (Å²) in [5, 5.41) is 0.645. The standard InChI is InChI=1S/C17H19N3O3S/c1-12(2)19-9-8-15(21)18-16(19)24-11-14-10-20(17(22)23-14)13-6-4-3-5-7-13/h3-9,12,14H,10-11H2,1-2H3/t14-/m1/s1. The van der Waals surface area contributed by atoms with Gasteiger partial charge in [0.2, 0.25) is 0 Å². The molecule has 2 aromatic rings. The molecular weight excluding hydrogens is 326 g/mol. The maximum Gasteiger partial charge on any atom is 0.414 e. The molecule has 126 valence electrons. The first-order chi connectivity index (χ1) is 11.5. The molecular formula is C17H19N3O3S. The van der Waals surface area contributed by atoms with E-state index in [2.05, 4.69) is 4.98 Å². The second-order valence-corrected chi connectivity index (χ2v) is 6.80. The molecule has 24 heavy (non-hydrogen) atoms. The summed E-state index contributed by atoms with van der Waals surface area (Å²) in [6.45, 7) is 4.56. The van der Waals surface area contributed by atoms with Crippen LogP contribution in [-0.4, -0.2) is 34.0 Å². The fourth-order valence-corrected chi connectivity index (χ4v) is 3.58. The highest BCUT2D eigenvalue weighted by molar-refractivity contribution is 7.99. The summed E-state index contributed by atoms with van der Waals surface area (Å²) in [7, 11) is 0. The number of thioether (sulfide) groups is 1. The van der Waals surface area contributed by atoms with Crippen LogP contribution in [-0.2, 0) is 4.74 Å². The minimum atomic E-state index is -0.339. The van der Waals surface area contributed by atoms with Gasteiger partial charge in [-0.1, -0.05) is 30.0 Å². The first-order valence-corrected chi connectivity index (χ1v) is 8.78. The molecule has 1 aliphatic heterocycles. The Morgan fingerprint density at radius 3 is 2.71 bits per heavy atom. The van der Waals surface area contributed by atoms with Crippen LogP contribution >= 0.6 is 11.8 Å². The normalized spacial score (nSPS) is 17.4. The Morgan fingerprint density at radius 1 is 1.25 bits per heavy atom. The van der Waals surface area contributed by atoms with Crippen molar-refractivity contribution in [3.63, 3.8) is 0 Å². The molecule has 2 heterocycles. The molecule has 1 saturated heterocycles. The number of nitrogens with zero attached hydrogens (tertiary/aromatic N) is 3. The number of benzene rings is 1. The number of hydrogen-bond donors (Lipinski definition) is 0. The van der Waals surface area contributed by atoms with E-state index in [0.717, 1.165) is 5.69 Å². The van der Waals surface area contributed by atoms with Crippen molar-refractivity contribution in [2.75, 3.05) is 17.2 Å². The van der Waals surface area contributed by atoms with Crippen LogP contribution in [0.3, 0.4) is 0 Å². The van der Waals surface area contributed by atoms with Gasteiger partial charge in [-0.3, -0.25) is 9.69 Å². The van der Waals surface area contributed by atoms with Gasteiger partial charge in [0.25, 0.3) is 5.56 Å². The van der Waals surface area contributed by atoms with Gasteiger partial charge < -0.3 is 9.30 Å². The first kappa shape index (κ1) is 16.6. The number of ether oxygens (including phenoxy) is 1. The SMILES string of the molecule is CC(C)n1ccc(=O)nc1SC[C@H]1CN(c2ccccc2)C(=O)O1. The number of rotatable bonds is 5. The van der Waals surface area contributed by atoms with Gasteiger partial charge >= 0.3 is 6.09 Å². The van der Waals surface area contributed by atoms with E-state index in [4.69, 9.17) is 4.74 Å². The van der Waals surface area contributed by atoms with Crippen LogP contribution in [0.15, 0.2) is 52.5 Å². The lowest BCUT2D eigenvalue weighted by Gasteiger charge is -2.16. The summed E-state index contributed by atoms with van der Waals surface area (Å²) >= 11 is 1.43. The summed E-state index contributed by atoms with van der Waals surface area (Å²) < 4.78 is 7.37. The Kier molecular flexibility index (Phi) is 4.89. The van der Waals surface area contributed by atoms with Crippen molar-refractivity contribution in [1.82, 2.24) is 9.55 Å². The van der Waals surface area contributed by atoms with Crippen LogP contribution in [0.25, 0.3) is 0 Å². The number of carbonyl (C=O) groups excluding carboxylic acids is 1. The number of para-hydroxylation sites is 1. The molecule has 7 heteroatoms. The molecule has 1 aliphatic rings. The summed E-state index contributed by atoms with van der Waals surface area (Å²) in [6.07, 6.45) is 1.17. The monoisotopic (exact) mass is 345 g/mol. The predicted octanol–water partition coefficient (Wildman–Crippen LogP) is 2.94. The van der Waals surface area contributed by atoms with E-state index in [1.54, 1.807) is 11.1 Å². The van der Waals surface area contributed by atoms with Gasteiger partial charge in [-0.05, 0) is 26.0 Å². The minimum absolute atomic E-state index is 0.201. The zero-order chi connectivity index (χ0) is 17.1. The van der Waals surface area contributed by atoms with Gasteiger partial charge in [0.1, 0.15) is 6.10 Å². The third kappa shape index (κ3) is 3.62. The van der Waals surface area contributed by atoms with Gasteiger partial charge in [-0.25, -0.2) is 4.79 Å². The van der Waals surface area contributed by atoms with E-state index >= 15 is 0 Å². The highest BCUT2D eigenvalue weighted by Gasteiger charge is 2.32. The van der Waals surface area contributed by atoms with E-state index in [1.807, 2.05) is 48.7 Å². The summed E-state index contributed by atoms with van der Waals surface area (Å²) in [5.41, 5.74) is 0.565. The molecule has 0 bridgehead atoms. The third-order valence-corrected chi connectivity index (χ3v) is 4.80. The molecule has 1 fully saturated rings. The lowest BCUT2D eigenvalue weighted by Crippen LogP contribution is -2.25. The van der Waals surface area contributed by atoms with E-state index in [-0.39, 0.29) is 23.8 Å². The Morgan fingerprint density at radius 2 is 2.00 bits per heavy atom. The van der Waals surface area contributed by atoms with Crippen molar-refractivity contribution in [2.45, 2.75) is 31.1 Å². The Hall–Kier alpha value is -2.28. The molecule has 0 aliphatic carbocycles. The Bertz CT molecular complexity index is 776. The number of aromatic nitrogens is 2. The van der Waals surface area contributed by atoms with Crippen molar-refractivity contribution < 1.29 is 9.53 Å². The van der Waals surface area contributed by atoms with E-state index in [9.17, 15) is 9.59 Å². The zero-order valence-electron chi connectivity index (χ0n) is 13.6. The second-order valence-electron chi connectivity index (χ2n) is 5.81. The summed E-state index contributed by atoms with van der Waals surface area (Å²) in [5.74, 6) is 0.554. The average molecular weight is 345 g/mol.